The maximum Gasteiger partial charge on any atom is 0.108 e. The SMILES string of the molecule is CCCCCCCCCc1nc(CCCc2ccccc2)cn1CCCCCCCCC. The van der Waals surface area contributed by atoms with Gasteiger partial charge in [0, 0.05) is 19.2 Å². The molecule has 2 rings (SSSR count). The molecule has 0 saturated heterocycles. The van der Waals surface area contributed by atoms with Gasteiger partial charge in [-0.15, -0.1) is 0 Å². The van der Waals surface area contributed by atoms with Crippen LogP contribution in [0.1, 0.15) is 127 Å². The lowest BCUT2D eigenvalue weighted by Crippen LogP contribution is -2.03. The van der Waals surface area contributed by atoms with Crippen molar-refractivity contribution in [2.24, 2.45) is 0 Å². The molecule has 0 amide bonds. The minimum atomic E-state index is 1.10. The molecule has 180 valence electrons. The first-order valence-electron chi connectivity index (χ1n) is 13.9. The van der Waals surface area contributed by atoms with Crippen LogP contribution < -0.4 is 0 Å². The first kappa shape index (κ1) is 26.7. The van der Waals surface area contributed by atoms with Gasteiger partial charge in [0.1, 0.15) is 5.82 Å². The van der Waals surface area contributed by atoms with Crippen molar-refractivity contribution >= 4 is 0 Å². The highest BCUT2D eigenvalue weighted by Crippen LogP contribution is 2.15. The molecule has 2 heteroatoms. The molecule has 0 N–H and O–H groups in total. The Labute approximate surface area is 199 Å². The molecular formula is C30H50N2. The third-order valence-corrected chi connectivity index (χ3v) is 6.66. The Kier molecular flexibility index (Phi) is 14.9. The maximum atomic E-state index is 5.09. The largest absolute Gasteiger partial charge is 0.335 e. The summed E-state index contributed by atoms with van der Waals surface area (Å²) in [4.78, 5) is 5.09. The van der Waals surface area contributed by atoms with E-state index in [1.807, 2.05) is 0 Å². The Balaban J connectivity index is 1.77. The van der Waals surface area contributed by atoms with Crippen molar-refractivity contribution in [1.82, 2.24) is 9.55 Å². The van der Waals surface area contributed by atoms with E-state index in [9.17, 15) is 0 Å². The molecule has 0 atom stereocenters. The van der Waals surface area contributed by atoms with Gasteiger partial charge in [0.25, 0.3) is 0 Å². The van der Waals surface area contributed by atoms with Gasteiger partial charge < -0.3 is 4.57 Å². The van der Waals surface area contributed by atoms with Gasteiger partial charge in [-0.3, -0.25) is 0 Å². The van der Waals surface area contributed by atoms with Crippen LogP contribution in [0.4, 0.5) is 0 Å². The molecular weight excluding hydrogens is 388 g/mol. The normalized spacial score (nSPS) is 11.3. The summed E-state index contributed by atoms with van der Waals surface area (Å²) in [6, 6.07) is 10.9. The molecule has 0 saturated carbocycles. The Morgan fingerprint density at radius 3 is 1.84 bits per heavy atom. The zero-order valence-electron chi connectivity index (χ0n) is 21.3. The third kappa shape index (κ3) is 11.9. The molecule has 2 aromatic rings. The van der Waals surface area contributed by atoms with E-state index >= 15 is 0 Å². The monoisotopic (exact) mass is 438 g/mol. The van der Waals surface area contributed by atoms with Crippen LogP contribution >= 0.6 is 0 Å². The minimum Gasteiger partial charge on any atom is -0.335 e. The number of imidazole rings is 1. The van der Waals surface area contributed by atoms with Crippen LogP contribution in [0.25, 0.3) is 0 Å². The van der Waals surface area contributed by atoms with E-state index in [1.54, 1.807) is 0 Å². The second kappa shape index (κ2) is 17.9. The van der Waals surface area contributed by atoms with Crippen LogP contribution in [0.15, 0.2) is 36.5 Å². The molecule has 0 fully saturated rings. The zero-order chi connectivity index (χ0) is 22.7. The molecule has 0 aliphatic carbocycles. The van der Waals surface area contributed by atoms with E-state index in [4.69, 9.17) is 4.98 Å². The fraction of sp³-hybridized carbons (Fsp3) is 0.700. The zero-order valence-corrected chi connectivity index (χ0v) is 21.3. The van der Waals surface area contributed by atoms with Gasteiger partial charge in [0.05, 0.1) is 5.69 Å². The van der Waals surface area contributed by atoms with E-state index in [0.717, 1.165) is 25.8 Å². The molecule has 1 aromatic carbocycles. The molecule has 0 spiro atoms. The van der Waals surface area contributed by atoms with Crippen molar-refractivity contribution in [2.75, 3.05) is 0 Å². The van der Waals surface area contributed by atoms with Gasteiger partial charge in [0.15, 0.2) is 0 Å². The topological polar surface area (TPSA) is 17.8 Å². The summed E-state index contributed by atoms with van der Waals surface area (Å²) in [5.41, 5.74) is 2.75. The lowest BCUT2D eigenvalue weighted by Gasteiger charge is -2.08. The van der Waals surface area contributed by atoms with Crippen LogP contribution in [0, 0.1) is 0 Å². The minimum absolute atomic E-state index is 1.10. The van der Waals surface area contributed by atoms with Crippen LogP contribution in [-0.2, 0) is 25.8 Å². The Morgan fingerprint density at radius 2 is 1.19 bits per heavy atom. The number of hydrogen-bond acceptors (Lipinski definition) is 1. The fourth-order valence-electron chi connectivity index (χ4n) is 4.62. The average molecular weight is 439 g/mol. The number of aryl methyl sites for hydroxylation is 4. The van der Waals surface area contributed by atoms with Crippen LogP contribution in [0.3, 0.4) is 0 Å². The summed E-state index contributed by atoms with van der Waals surface area (Å²) in [7, 11) is 0. The van der Waals surface area contributed by atoms with Crippen molar-refractivity contribution < 1.29 is 0 Å². The highest BCUT2D eigenvalue weighted by Gasteiger charge is 2.08. The smallest absolute Gasteiger partial charge is 0.108 e. The summed E-state index contributed by atoms with van der Waals surface area (Å²) in [6.07, 6.45) is 26.2. The van der Waals surface area contributed by atoms with E-state index < -0.39 is 0 Å². The molecule has 0 aliphatic rings. The molecule has 0 bridgehead atoms. The summed E-state index contributed by atoms with van der Waals surface area (Å²) < 4.78 is 2.50. The molecule has 32 heavy (non-hydrogen) atoms. The number of aromatic nitrogens is 2. The standard InChI is InChI=1S/C30H50N2/c1-3-5-7-9-11-13-18-25-30-31-29(24-20-23-28-21-16-15-17-22-28)27-32(30)26-19-14-12-10-8-6-4-2/h15-17,21-22,27H,3-14,18-20,23-26H2,1-2H3. The number of benzene rings is 1. The van der Waals surface area contributed by atoms with Gasteiger partial charge in [0.2, 0.25) is 0 Å². The molecule has 1 aromatic heterocycles. The maximum absolute atomic E-state index is 5.09. The second-order valence-corrected chi connectivity index (χ2v) is 9.67. The highest BCUT2D eigenvalue weighted by atomic mass is 15.1. The number of unbranched alkanes of at least 4 members (excludes halogenated alkanes) is 12. The molecule has 0 aliphatic heterocycles. The molecule has 1 heterocycles. The van der Waals surface area contributed by atoms with Crippen molar-refractivity contribution in [3.05, 3.63) is 53.6 Å². The van der Waals surface area contributed by atoms with Crippen molar-refractivity contribution in [2.45, 2.75) is 136 Å². The quantitative estimate of drug-likeness (QED) is 0.188. The lowest BCUT2D eigenvalue weighted by atomic mass is 10.1. The number of nitrogens with zero attached hydrogens (tertiary/aromatic N) is 2. The van der Waals surface area contributed by atoms with Crippen molar-refractivity contribution in [1.29, 1.82) is 0 Å². The Morgan fingerprint density at radius 1 is 0.594 bits per heavy atom. The summed E-state index contributed by atoms with van der Waals surface area (Å²) in [5.74, 6) is 1.35. The van der Waals surface area contributed by atoms with Crippen molar-refractivity contribution in [3.8, 4) is 0 Å². The fourth-order valence-corrected chi connectivity index (χ4v) is 4.62. The summed E-state index contributed by atoms with van der Waals surface area (Å²) in [6.45, 7) is 5.75. The van der Waals surface area contributed by atoms with Gasteiger partial charge in [-0.1, -0.05) is 121 Å². The first-order chi connectivity index (χ1) is 15.8. The summed E-state index contributed by atoms with van der Waals surface area (Å²) >= 11 is 0. The number of hydrogen-bond donors (Lipinski definition) is 0. The molecule has 2 nitrogen and oxygen atoms in total. The van der Waals surface area contributed by atoms with Gasteiger partial charge in [-0.05, 0) is 37.7 Å². The van der Waals surface area contributed by atoms with E-state index in [2.05, 4.69) is 54.9 Å². The predicted octanol–water partition coefficient (Wildman–Crippen LogP) is 9.10. The van der Waals surface area contributed by atoms with Gasteiger partial charge in [-0.25, -0.2) is 4.98 Å². The van der Waals surface area contributed by atoms with Gasteiger partial charge in [-0.2, -0.15) is 0 Å². The first-order valence-corrected chi connectivity index (χ1v) is 13.9. The summed E-state index contributed by atoms with van der Waals surface area (Å²) in [5, 5.41) is 0. The van der Waals surface area contributed by atoms with E-state index in [1.165, 1.54) is 113 Å². The third-order valence-electron chi connectivity index (χ3n) is 6.66. The molecule has 0 radical (unpaired) electrons. The lowest BCUT2D eigenvalue weighted by molar-refractivity contribution is 0.530. The Hall–Kier alpha value is -1.57. The second-order valence-electron chi connectivity index (χ2n) is 9.67. The predicted molar refractivity (Wildman–Crippen MR) is 140 cm³/mol. The van der Waals surface area contributed by atoms with Crippen molar-refractivity contribution in [3.63, 3.8) is 0 Å². The van der Waals surface area contributed by atoms with Crippen LogP contribution in [-0.4, -0.2) is 9.55 Å². The highest BCUT2D eigenvalue weighted by molar-refractivity contribution is 5.15. The van der Waals surface area contributed by atoms with E-state index in [-0.39, 0.29) is 0 Å². The van der Waals surface area contributed by atoms with Crippen LogP contribution in [0.5, 0.6) is 0 Å². The average Bonchev–Trinajstić information content (AvgIpc) is 3.20. The molecule has 0 unspecified atom stereocenters. The van der Waals surface area contributed by atoms with Gasteiger partial charge >= 0.3 is 0 Å². The van der Waals surface area contributed by atoms with E-state index in [0.29, 0.717) is 0 Å². The number of rotatable bonds is 20. The Bertz CT molecular complexity index is 638. The van der Waals surface area contributed by atoms with Crippen LogP contribution in [0.2, 0.25) is 0 Å².